The normalized spacial score (nSPS) is 12.0. The van der Waals surface area contributed by atoms with Gasteiger partial charge < -0.3 is 10.1 Å². The SMILES string of the molecule is CCC(Nc1ccc(C)cc1Br)c1ccc(OC)cc1. The standard InChI is InChI=1S/C17H20BrNO/c1-4-16(13-6-8-14(20-3)9-7-13)19-17-10-5-12(2)11-15(17)18/h5-11,16,19H,4H2,1-3H3. The molecule has 0 aromatic heterocycles. The van der Waals surface area contributed by atoms with E-state index in [4.69, 9.17) is 4.74 Å². The van der Waals surface area contributed by atoms with Crippen molar-refractivity contribution in [1.29, 1.82) is 0 Å². The van der Waals surface area contributed by atoms with Crippen LogP contribution in [0.1, 0.15) is 30.5 Å². The number of rotatable bonds is 5. The van der Waals surface area contributed by atoms with Gasteiger partial charge in [-0.3, -0.25) is 0 Å². The van der Waals surface area contributed by atoms with E-state index in [1.165, 1.54) is 11.1 Å². The zero-order chi connectivity index (χ0) is 14.5. The van der Waals surface area contributed by atoms with Crippen LogP contribution in [0.4, 0.5) is 5.69 Å². The number of aryl methyl sites for hydroxylation is 1. The molecule has 0 saturated heterocycles. The summed E-state index contributed by atoms with van der Waals surface area (Å²) in [7, 11) is 1.69. The minimum Gasteiger partial charge on any atom is -0.497 e. The Balaban J connectivity index is 2.19. The van der Waals surface area contributed by atoms with Crippen molar-refractivity contribution in [1.82, 2.24) is 0 Å². The van der Waals surface area contributed by atoms with Gasteiger partial charge in [-0.25, -0.2) is 0 Å². The fraction of sp³-hybridized carbons (Fsp3) is 0.294. The third-order valence-corrected chi connectivity index (χ3v) is 4.04. The van der Waals surface area contributed by atoms with Gasteiger partial charge in [-0.15, -0.1) is 0 Å². The Morgan fingerprint density at radius 2 is 1.85 bits per heavy atom. The maximum absolute atomic E-state index is 5.21. The summed E-state index contributed by atoms with van der Waals surface area (Å²) in [6.45, 7) is 4.28. The number of nitrogens with one attached hydrogen (secondary N) is 1. The Morgan fingerprint density at radius 1 is 1.15 bits per heavy atom. The monoisotopic (exact) mass is 333 g/mol. The van der Waals surface area contributed by atoms with Crippen LogP contribution >= 0.6 is 15.9 Å². The number of anilines is 1. The van der Waals surface area contributed by atoms with Crippen LogP contribution in [0.2, 0.25) is 0 Å². The molecule has 1 N–H and O–H groups in total. The molecule has 0 spiro atoms. The van der Waals surface area contributed by atoms with Crippen molar-refractivity contribution in [3.05, 3.63) is 58.1 Å². The van der Waals surface area contributed by atoms with Gasteiger partial charge in [0.25, 0.3) is 0 Å². The van der Waals surface area contributed by atoms with Crippen molar-refractivity contribution in [2.24, 2.45) is 0 Å². The molecule has 0 aliphatic heterocycles. The predicted molar refractivity (Wildman–Crippen MR) is 88.5 cm³/mol. The largest absolute Gasteiger partial charge is 0.497 e. The molecule has 1 unspecified atom stereocenters. The van der Waals surface area contributed by atoms with Gasteiger partial charge in [0.2, 0.25) is 0 Å². The number of ether oxygens (including phenoxy) is 1. The predicted octanol–water partition coefficient (Wildman–Crippen LogP) is 5.33. The molecule has 0 aliphatic carbocycles. The molecule has 3 heteroatoms. The lowest BCUT2D eigenvalue weighted by molar-refractivity contribution is 0.414. The molecule has 2 aromatic carbocycles. The molecule has 2 rings (SSSR count). The summed E-state index contributed by atoms with van der Waals surface area (Å²) < 4.78 is 6.31. The van der Waals surface area contributed by atoms with Crippen molar-refractivity contribution >= 4 is 21.6 Å². The van der Waals surface area contributed by atoms with Crippen LogP contribution < -0.4 is 10.1 Å². The van der Waals surface area contributed by atoms with E-state index in [0.717, 1.165) is 22.3 Å². The molecular weight excluding hydrogens is 314 g/mol. The van der Waals surface area contributed by atoms with Gasteiger partial charge >= 0.3 is 0 Å². The average molecular weight is 334 g/mol. The topological polar surface area (TPSA) is 21.3 Å². The Kier molecular flexibility index (Phi) is 5.07. The van der Waals surface area contributed by atoms with Gasteiger partial charge in [-0.1, -0.05) is 25.1 Å². The molecule has 0 heterocycles. The molecule has 20 heavy (non-hydrogen) atoms. The molecule has 1 atom stereocenters. The average Bonchev–Trinajstić information content (AvgIpc) is 2.47. The van der Waals surface area contributed by atoms with Gasteiger partial charge in [0.15, 0.2) is 0 Å². The maximum atomic E-state index is 5.21. The highest BCUT2D eigenvalue weighted by atomic mass is 79.9. The summed E-state index contributed by atoms with van der Waals surface area (Å²) in [6.07, 6.45) is 1.02. The van der Waals surface area contributed by atoms with E-state index in [2.05, 4.69) is 65.4 Å². The zero-order valence-electron chi connectivity index (χ0n) is 12.1. The minimum atomic E-state index is 0.292. The lowest BCUT2D eigenvalue weighted by Gasteiger charge is -2.20. The van der Waals surface area contributed by atoms with Gasteiger partial charge in [-0.05, 0) is 64.7 Å². The van der Waals surface area contributed by atoms with Crippen LogP contribution in [0.25, 0.3) is 0 Å². The van der Waals surface area contributed by atoms with E-state index < -0.39 is 0 Å². The van der Waals surface area contributed by atoms with Crippen molar-refractivity contribution in [3.8, 4) is 5.75 Å². The molecule has 0 amide bonds. The Morgan fingerprint density at radius 3 is 2.40 bits per heavy atom. The molecule has 2 aromatic rings. The Hall–Kier alpha value is -1.48. The zero-order valence-corrected chi connectivity index (χ0v) is 13.7. The van der Waals surface area contributed by atoms with Gasteiger partial charge in [-0.2, -0.15) is 0 Å². The first-order valence-electron chi connectivity index (χ1n) is 6.80. The van der Waals surface area contributed by atoms with E-state index in [0.29, 0.717) is 6.04 Å². The van der Waals surface area contributed by atoms with Crippen LogP contribution in [0, 0.1) is 6.92 Å². The fourth-order valence-electron chi connectivity index (χ4n) is 2.18. The minimum absolute atomic E-state index is 0.292. The van der Waals surface area contributed by atoms with E-state index in [-0.39, 0.29) is 0 Å². The summed E-state index contributed by atoms with van der Waals surface area (Å²) >= 11 is 3.62. The maximum Gasteiger partial charge on any atom is 0.118 e. The first-order chi connectivity index (χ1) is 9.63. The van der Waals surface area contributed by atoms with Crippen LogP contribution in [0.15, 0.2) is 46.9 Å². The summed E-state index contributed by atoms with van der Waals surface area (Å²) in [5.41, 5.74) is 3.64. The third-order valence-electron chi connectivity index (χ3n) is 3.38. The highest BCUT2D eigenvalue weighted by molar-refractivity contribution is 9.10. The fourth-order valence-corrected chi connectivity index (χ4v) is 2.79. The van der Waals surface area contributed by atoms with Crippen molar-refractivity contribution in [3.63, 3.8) is 0 Å². The lowest BCUT2D eigenvalue weighted by atomic mass is 10.0. The second-order valence-corrected chi connectivity index (χ2v) is 5.72. The quantitative estimate of drug-likeness (QED) is 0.798. The molecule has 0 saturated carbocycles. The van der Waals surface area contributed by atoms with Gasteiger partial charge in [0, 0.05) is 10.2 Å². The second-order valence-electron chi connectivity index (χ2n) is 4.86. The van der Waals surface area contributed by atoms with E-state index in [1.807, 2.05) is 12.1 Å². The molecule has 106 valence electrons. The summed E-state index contributed by atoms with van der Waals surface area (Å²) in [5.74, 6) is 0.889. The van der Waals surface area contributed by atoms with Gasteiger partial charge in [0.1, 0.15) is 5.75 Å². The molecule has 0 radical (unpaired) electrons. The number of halogens is 1. The molecule has 2 nitrogen and oxygen atoms in total. The second kappa shape index (κ2) is 6.80. The summed E-state index contributed by atoms with van der Waals surface area (Å²) in [4.78, 5) is 0. The lowest BCUT2D eigenvalue weighted by Crippen LogP contribution is -2.10. The third kappa shape index (κ3) is 3.54. The molecule has 0 fully saturated rings. The highest BCUT2D eigenvalue weighted by Crippen LogP contribution is 2.29. The van der Waals surface area contributed by atoms with Gasteiger partial charge in [0.05, 0.1) is 13.2 Å². The van der Waals surface area contributed by atoms with Crippen molar-refractivity contribution in [2.45, 2.75) is 26.3 Å². The number of methoxy groups -OCH3 is 1. The van der Waals surface area contributed by atoms with Crippen LogP contribution in [0.5, 0.6) is 5.75 Å². The van der Waals surface area contributed by atoms with Crippen LogP contribution in [-0.4, -0.2) is 7.11 Å². The first-order valence-corrected chi connectivity index (χ1v) is 7.60. The smallest absolute Gasteiger partial charge is 0.118 e. The number of hydrogen-bond donors (Lipinski definition) is 1. The van der Waals surface area contributed by atoms with Crippen LogP contribution in [0.3, 0.4) is 0 Å². The van der Waals surface area contributed by atoms with Crippen molar-refractivity contribution in [2.75, 3.05) is 12.4 Å². The number of benzene rings is 2. The summed E-state index contributed by atoms with van der Waals surface area (Å²) in [5, 5.41) is 3.59. The molecule has 0 bridgehead atoms. The van der Waals surface area contributed by atoms with Crippen molar-refractivity contribution < 1.29 is 4.74 Å². The highest BCUT2D eigenvalue weighted by Gasteiger charge is 2.11. The van der Waals surface area contributed by atoms with E-state index >= 15 is 0 Å². The Bertz CT molecular complexity index is 566. The molecular formula is C17H20BrNO. The molecule has 0 aliphatic rings. The number of hydrogen-bond acceptors (Lipinski definition) is 2. The van der Waals surface area contributed by atoms with Crippen LogP contribution in [-0.2, 0) is 0 Å². The Labute approximate surface area is 129 Å². The first kappa shape index (κ1) is 14.9. The summed E-state index contributed by atoms with van der Waals surface area (Å²) in [6, 6.07) is 14.9. The van der Waals surface area contributed by atoms with E-state index in [9.17, 15) is 0 Å². The van der Waals surface area contributed by atoms with E-state index in [1.54, 1.807) is 7.11 Å².